The molecule has 0 atom stereocenters. The Morgan fingerprint density at radius 1 is 1.17 bits per heavy atom. The van der Waals surface area contributed by atoms with Crippen LogP contribution in [-0.2, 0) is 11.3 Å². The summed E-state index contributed by atoms with van der Waals surface area (Å²) in [6, 6.07) is 12.3. The van der Waals surface area contributed by atoms with Crippen LogP contribution in [0.3, 0.4) is 0 Å². The molecule has 0 bridgehead atoms. The Balaban J connectivity index is 1.62. The fraction of sp³-hybridized carbons (Fsp3) is 0.217. The molecule has 0 unspecified atom stereocenters. The molecule has 2 N–H and O–H groups in total. The molecule has 2 aromatic carbocycles. The van der Waals surface area contributed by atoms with Gasteiger partial charge in [0, 0.05) is 19.5 Å². The minimum absolute atomic E-state index is 0.117. The molecular formula is C23H24N4O3. The van der Waals surface area contributed by atoms with Crippen LogP contribution in [0.5, 0.6) is 0 Å². The summed E-state index contributed by atoms with van der Waals surface area (Å²) in [5.41, 5.74) is 2.37. The van der Waals surface area contributed by atoms with Crippen LogP contribution in [0.15, 0.2) is 66.2 Å². The average Bonchev–Trinajstić information content (AvgIpc) is 2.74. The third kappa shape index (κ3) is 4.81. The van der Waals surface area contributed by atoms with Gasteiger partial charge >= 0.3 is 0 Å². The summed E-state index contributed by atoms with van der Waals surface area (Å²) in [6.45, 7) is 6.21. The molecule has 0 saturated heterocycles. The Hall–Kier alpha value is -3.74. The smallest absolute Gasteiger partial charge is 0.261 e. The monoisotopic (exact) mass is 404 g/mol. The Morgan fingerprint density at radius 2 is 1.97 bits per heavy atom. The van der Waals surface area contributed by atoms with Gasteiger partial charge in [-0.1, -0.05) is 30.3 Å². The zero-order valence-corrected chi connectivity index (χ0v) is 16.9. The van der Waals surface area contributed by atoms with Crippen molar-refractivity contribution in [3.63, 3.8) is 0 Å². The van der Waals surface area contributed by atoms with Gasteiger partial charge in [0.05, 0.1) is 28.5 Å². The third-order valence-corrected chi connectivity index (χ3v) is 4.71. The van der Waals surface area contributed by atoms with Crippen molar-refractivity contribution >= 4 is 28.4 Å². The van der Waals surface area contributed by atoms with Crippen LogP contribution in [0.2, 0.25) is 0 Å². The second kappa shape index (κ2) is 9.65. The topological polar surface area (TPSA) is 93.1 Å². The van der Waals surface area contributed by atoms with Crippen LogP contribution in [0.1, 0.15) is 28.8 Å². The van der Waals surface area contributed by atoms with Crippen molar-refractivity contribution in [1.82, 2.24) is 14.9 Å². The molecule has 3 aromatic rings. The van der Waals surface area contributed by atoms with E-state index >= 15 is 0 Å². The van der Waals surface area contributed by atoms with E-state index in [0.29, 0.717) is 41.7 Å². The quantitative estimate of drug-likeness (QED) is 0.565. The number of carbonyl (C=O) groups excluding carboxylic acids is 2. The lowest BCUT2D eigenvalue weighted by Crippen LogP contribution is -2.25. The molecule has 3 rings (SSSR count). The Bertz CT molecular complexity index is 1150. The minimum Gasteiger partial charge on any atom is -0.349 e. The van der Waals surface area contributed by atoms with E-state index in [2.05, 4.69) is 22.2 Å². The maximum atomic E-state index is 12.6. The molecule has 30 heavy (non-hydrogen) atoms. The fourth-order valence-electron chi connectivity index (χ4n) is 3.17. The highest BCUT2D eigenvalue weighted by Gasteiger charge is 2.13. The van der Waals surface area contributed by atoms with Crippen LogP contribution in [0.4, 0.5) is 5.69 Å². The van der Waals surface area contributed by atoms with Crippen molar-refractivity contribution in [1.29, 1.82) is 0 Å². The normalized spacial score (nSPS) is 10.6. The number of hydrogen-bond acceptors (Lipinski definition) is 4. The molecule has 1 aromatic heterocycles. The van der Waals surface area contributed by atoms with Gasteiger partial charge < -0.3 is 10.6 Å². The Kier molecular flexibility index (Phi) is 6.75. The third-order valence-electron chi connectivity index (χ3n) is 4.71. The predicted molar refractivity (Wildman–Crippen MR) is 118 cm³/mol. The lowest BCUT2D eigenvalue weighted by Gasteiger charge is -2.11. The fourth-order valence-corrected chi connectivity index (χ4v) is 3.17. The number of fused-ring (bicyclic) bond motifs is 1. The van der Waals surface area contributed by atoms with Gasteiger partial charge in [0.15, 0.2) is 0 Å². The lowest BCUT2D eigenvalue weighted by atomic mass is 10.1. The van der Waals surface area contributed by atoms with Gasteiger partial charge in [-0.15, -0.1) is 6.58 Å². The summed E-state index contributed by atoms with van der Waals surface area (Å²) in [5, 5.41) is 6.05. The van der Waals surface area contributed by atoms with Crippen LogP contribution in [0, 0.1) is 6.92 Å². The van der Waals surface area contributed by atoms with Crippen LogP contribution < -0.4 is 16.2 Å². The summed E-state index contributed by atoms with van der Waals surface area (Å²) >= 11 is 0. The Morgan fingerprint density at radius 3 is 2.77 bits per heavy atom. The molecule has 7 heteroatoms. The first-order chi connectivity index (χ1) is 14.5. The summed E-state index contributed by atoms with van der Waals surface area (Å²) in [5.74, 6) is -0.508. The second-order valence-corrected chi connectivity index (χ2v) is 6.91. The van der Waals surface area contributed by atoms with Crippen molar-refractivity contribution in [2.75, 3.05) is 11.9 Å². The summed E-state index contributed by atoms with van der Waals surface area (Å²) < 4.78 is 1.52. The van der Waals surface area contributed by atoms with Crippen molar-refractivity contribution in [2.45, 2.75) is 26.3 Å². The van der Waals surface area contributed by atoms with E-state index in [4.69, 9.17) is 0 Å². The molecule has 1 heterocycles. The number of benzene rings is 2. The largest absolute Gasteiger partial charge is 0.349 e. The molecule has 154 valence electrons. The number of anilines is 1. The molecule has 0 aliphatic carbocycles. The molecule has 2 amide bonds. The van der Waals surface area contributed by atoms with Crippen molar-refractivity contribution in [3.05, 3.63) is 82.9 Å². The maximum absolute atomic E-state index is 12.6. The van der Waals surface area contributed by atoms with E-state index in [1.54, 1.807) is 36.4 Å². The maximum Gasteiger partial charge on any atom is 0.261 e. The summed E-state index contributed by atoms with van der Waals surface area (Å²) in [7, 11) is 0. The van der Waals surface area contributed by atoms with Gasteiger partial charge in [-0.25, -0.2) is 4.98 Å². The first-order valence-corrected chi connectivity index (χ1v) is 9.74. The van der Waals surface area contributed by atoms with Gasteiger partial charge in [0.1, 0.15) is 0 Å². The summed E-state index contributed by atoms with van der Waals surface area (Å²) in [6.07, 6.45) is 3.79. The van der Waals surface area contributed by atoms with Crippen LogP contribution in [-0.4, -0.2) is 27.9 Å². The van der Waals surface area contributed by atoms with E-state index in [-0.39, 0.29) is 23.8 Å². The average molecular weight is 404 g/mol. The standard InChI is InChI=1S/C23H24N4O3/c1-3-13-24-22(29)17-9-4-5-11-19(17)26-20(28)12-7-14-27-15-25-21-16(2)8-6-10-18(21)23(27)30/h3-6,8-11,15H,1,7,12-14H2,2H3,(H,24,29)(H,26,28). The number of amides is 2. The number of nitrogens with zero attached hydrogens (tertiary/aromatic N) is 2. The van der Waals surface area contributed by atoms with Crippen molar-refractivity contribution in [3.8, 4) is 0 Å². The number of hydrogen-bond donors (Lipinski definition) is 2. The molecule has 0 aliphatic rings. The van der Waals surface area contributed by atoms with Gasteiger partial charge in [0.2, 0.25) is 5.91 Å². The van der Waals surface area contributed by atoms with Crippen LogP contribution >= 0.6 is 0 Å². The van der Waals surface area contributed by atoms with Crippen molar-refractivity contribution < 1.29 is 9.59 Å². The predicted octanol–water partition coefficient (Wildman–Crippen LogP) is 3.04. The second-order valence-electron chi connectivity index (χ2n) is 6.91. The molecule has 0 saturated carbocycles. The van der Waals surface area contributed by atoms with E-state index in [9.17, 15) is 14.4 Å². The Labute approximate surface area is 174 Å². The number of rotatable bonds is 8. The number of aryl methyl sites for hydroxylation is 2. The van der Waals surface area contributed by atoms with Gasteiger partial charge in [-0.05, 0) is 37.1 Å². The lowest BCUT2D eigenvalue weighted by molar-refractivity contribution is -0.116. The molecule has 0 spiro atoms. The molecule has 7 nitrogen and oxygen atoms in total. The zero-order chi connectivity index (χ0) is 21.5. The van der Waals surface area contributed by atoms with E-state index in [1.165, 1.54) is 10.9 Å². The van der Waals surface area contributed by atoms with Gasteiger partial charge in [0.25, 0.3) is 11.5 Å². The molecule has 0 radical (unpaired) electrons. The molecular weight excluding hydrogens is 380 g/mol. The number of para-hydroxylation sites is 2. The van der Waals surface area contributed by atoms with E-state index < -0.39 is 0 Å². The van der Waals surface area contributed by atoms with Gasteiger partial charge in [-0.3, -0.25) is 19.0 Å². The van der Waals surface area contributed by atoms with Crippen molar-refractivity contribution in [2.24, 2.45) is 0 Å². The number of aromatic nitrogens is 2. The molecule has 0 aliphatic heterocycles. The highest BCUT2D eigenvalue weighted by molar-refractivity contribution is 6.03. The van der Waals surface area contributed by atoms with Gasteiger partial charge in [-0.2, -0.15) is 0 Å². The zero-order valence-electron chi connectivity index (χ0n) is 16.9. The minimum atomic E-state index is -0.283. The number of carbonyl (C=O) groups is 2. The first kappa shape index (κ1) is 21.0. The number of nitrogens with one attached hydrogen (secondary N) is 2. The summed E-state index contributed by atoms with van der Waals surface area (Å²) in [4.78, 5) is 41.6. The van der Waals surface area contributed by atoms with E-state index in [1.807, 2.05) is 19.1 Å². The van der Waals surface area contributed by atoms with Crippen LogP contribution in [0.25, 0.3) is 10.9 Å². The molecule has 0 fully saturated rings. The highest BCUT2D eigenvalue weighted by Crippen LogP contribution is 2.16. The van der Waals surface area contributed by atoms with E-state index in [0.717, 1.165) is 5.56 Å². The first-order valence-electron chi connectivity index (χ1n) is 9.74. The highest BCUT2D eigenvalue weighted by atomic mass is 16.2. The SMILES string of the molecule is C=CCNC(=O)c1ccccc1NC(=O)CCCn1cnc2c(C)cccc2c1=O.